The second-order valence-electron chi connectivity index (χ2n) is 33.9. The number of carbonyl (C=O) groups is 9. The Kier molecular flexibility index (Phi) is 30.1. The summed E-state index contributed by atoms with van der Waals surface area (Å²) in [5.41, 5.74) is 8.90. The number of amides is 7. The normalized spacial score (nSPS) is 29.2. The molecule has 8 aliphatic rings. The molecule has 131 heavy (non-hydrogen) atoms. The maximum Gasteiger partial charge on any atom is 0.334 e. The molecule has 7 amide bonds. The number of benzene rings is 7. The van der Waals surface area contributed by atoms with E-state index in [1.54, 1.807) is 24.3 Å². The number of hydrogen-bond donors (Lipinski definition) is 21. The third-order valence-electron chi connectivity index (χ3n) is 23.7. The Morgan fingerprint density at radius 2 is 1.28 bits per heavy atom. The van der Waals surface area contributed by atoms with Crippen molar-refractivity contribution in [3.8, 4) is 68.2 Å². The summed E-state index contributed by atoms with van der Waals surface area (Å²) < 4.78 is 58.7. The van der Waals surface area contributed by atoms with Crippen molar-refractivity contribution in [2.75, 3.05) is 20.2 Å². The van der Waals surface area contributed by atoms with Gasteiger partial charge in [0.1, 0.15) is 89.5 Å². The molecular weight excluding hydrogens is 1780 g/mol. The molecule has 0 radical (unpaired) electrons. The lowest BCUT2D eigenvalue weighted by molar-refractivity contribution is -0.334. The van der Waals surface area contributed by atoms with E-state index >= 15 is 19.2 Å². The van der Waals surface area contributed by atoms with Crippen LogP contribution in [-0.4, -0.2) is 239 Å². The molecule has 11 bridgehead atoms. The molecular formula is C89H101Cl3N10O29. The molecule has 0 saturated carbocycles. The van der Waals surface area contributed by atoms with Crippen molar-refractivity contribution in [3.05, 3.63) is 176 Å². The predicted octanol–water partition coefficient (Wildman–Crippen LogP) is 3.97. The van der Waals surface area contributed by atoms with Gasteiger partial charge in [0.2, 0.25) is 53.4 Å². The minimum Gasteiger partial charge on any atom is -0.508 e. The van der Waals surface area contributed by atoms with Crippen LogP contribution in [0.25, 0.3) is 22.3 Å². The Balaban J connectivity index is 0.986. The van der Waals surface area contributed by atoms with Gasteiger partial charge in [0.05, 0.1) is 60.1 Å². The lowest BCUT2D eigenvalue weighted by Gasteiger charge is -2.48. The number of aliphatic hydroxyl groups is 6. The highest BCUT2D eigenvalue weighted by Gasteiger charge is 2.53. The maximum atomic E-state index is 16.5. The fourth-order valence-corrected chi connectivity index (χ4v) is 17.2. The molecule has 3 fully saturated rings. The van der Waals surface area contributed by atoms with Crippen LogP contribution in [0.4, 0.5) is 0 Å². The molecule has 23 N–H and O–H groups in total. The molecule has 0 aromatic heterocycles. The Bertz CT molecular complexity index is 5490. The van der Waals surface area contributed by atoms with Crippen LogP contribution < -0.4 is 68.2 Å². The number of aliphatic hydroxyl groups excluding tert-OH is 6. The second kappa shape index (κ2) is 40.5. The number of aliphatic carboxylic acids is 2. The van der Waals surface area contributed by atoms with Crippen LogP contribution in [0.2, 0.25) is 15.1 Å². The van der Waals surface area contributed by atoms with Gasteiger partial charge < -0.3 is 153 Å². The first-order valence-electron chi connectivity index (χ1n) is 41.7. The molecule has 23 atom stereocenters. The average molecular weight is 1880 g/mol. The standard InChI is InChI=1S/C89H101Cl3N10O29/c1-36(2)21-53(95-7)80(114)101-69-71(108)43-14-19-56(50(91)24-43)126-58-26-45-27-59(75(58)131-87-76(73(110)72(109)61(34-103)128-87)130-64-32-89(6,78(112)38(4)125-64)96-33-60(85(119)120)123-35-39-9-8-10-41(22-39)40-11-16-46(90)17-12-40)127-57-20-15-44(25-51(57)92)74(129-63-31-88(5,94)77(111)37(3)124-63)70-84(118)100-68(86(121)122)49-28-47(104)29-55(106)65(49)48-23-42(13-18-54(48)105)66(81(115)102-70)99-82(116)67(45)98-62(107)30-52(79(93)113)97-83(69)117/h8-20,22-29,36-38,52-53,60-61,63-64,66-74,76-78,87,95-96,103-106,108-112H,21,30-35,94H2,1-7H3,(H2,93,113)(H,97,117)(H,98,107)(H,99,116)(H,100,118)(H,101,114)(H,102,115)(H,119,120)(H,121,122)/t37?,38?,52?,53-,60?,61?,63?,64?,66?,67-,68-,69?,70+,71-,72+,73?,74-,76?,77?,78?,87?,88?,89?/m1/s1. The molecule has 42 heteroatoms. The van der Waals surface area contributed by atoms with E-state index in [0.29, 0.717) is 10.6 Å². The first kappa shape index (κ1) is 97.4. The third-order valence-corrected chi connectivity index (χ3v) is 24.5. The highest BCUT2D eigenvalue weighted by molar-refractivity contribution is 6.32. The van der Waals surface area contributed by atoms with E-state index in [-0.39, 0.29) is 42.1 Å². The lowest BCUT2D eigenvalue weighted by atomic mass is 9.84. The number of ether oxygens (including phenoxy) is 9. The van der Waals surface area contributed by atoms with Gasteiger partial charge in [0.25, 0.3) is 0 Å². The van der Waals surface area contributed by atoms with Crippen molar-refractivity contribution >= 4 is 88.1 Å². The molecule has 7 aromatic rings. The molecule has 0 aliphatic carbocycles. The number of nitrogens with one attached hydrogen (secondary N) is 8. The summed E-state index contributed by atoms with van der Waals surface area (Å²) in [6.45, 7) is 7.85. The number of rotatable bonds is 22. The van der Waals surface area contributed by atoms with Gasteiger partial charge in [0.15, 0.2) is 42.3 Å². The zero-order valence-corrected chi connectivity index (χ0v) is 73.6. The van der Waals surface area contributed by atoms with Crippen molar-refractivity contribution < 1.29 is 142 Å². The summed E-state index contributed by atoms with van der Waals surface area (Å²) in [6.07, 6.45) is -25.9. The first-order chi connectivity index (χ1) is 62.0. The van der Waals surface area contributed by atoms with Gasteiger partial charge in [0, 0.05) is 58.2 Å². The Morgan fingerprint density at radius 3 is 1.91 bits per heavy atom. The highest BCUT2D eigenvalue weighted by atomic mass is 35.5. The zero-order valence-electron chi connectivity index (χ0n) is 71.3. The number of hydrogen-bond acceptors (Lipinski definition) is 30. The lowest BCUT2D eigenvalue weighted by Crippen LogP contribution is -2.66. The van der Waals surface area contributed by atoms with E-state index in [4.69, 9.17) is 88.9 Å². The number of primary amides is 1. The van der Waals surface area contributed by atoms with Crippen LogP contribution in [0.15, 0.2) is 127 Å². The molecule has 7 aromatic carbocycles. The summed E-state index contributed by atoms with van der Waals surface area (Å²) in [5.74, 6) is -17.9. The van der Waals surface area contributed by atoms with Gasteiger partial charge in [-0.05, 0) is 159 Å². The molecule has 15 rings (SSSR count). The van der Waals surface area contributed by atoms with Gasteiger partial charge >= 0.3 is 11.9 Å². The number of carbonyl (C=O) groups excluding carboxylic acids is 7. The van der Waals surface area contributed by atoms with E-state index in [9.17, 15) is 80.1 Å². The van der Waals surface area contributed by atoms with E-state index in [0.717, 1.165) is 71.8 Å². The fourth-order valence-electron chi connectivity index (χ4n) is 16.6. The van der Waals surface area contributed by atoms with Crippen LogP contribution in [0.5, 0.6) is 46.0 Å². The van der Waals surface area contributed by atoms with Gasteiger partial charge in [-0.3, -0.25) is 33.6 Å². The average Bonchev–Trinajstić information content (AvgIpc) is 0.858. The molecule has 3 saturated heterocycles. The van der Waals surface area contributed by atoms with Crippen LogP contribution in [0.3, 0.4) is 0 Å². The van der Waals surface area contributed by atoms with Crippen molar-refractivity contribution in [3.63, 3.8) is 0 Å². The molecule has 702 valence electrons. The quantitative estimate of drug-likeness (QED) is 0.0456. The predicted molar refractivity (Wildman–Crippen MR) is 463 cm³/mol. The van der Waals surface area contributed by atoms with Crippen LogP contribution in [-0.2, 0) is 78.2 Å². The monoisotopic (exact) mass is 1880 g/mol. The Morgan fingerprint density at radius 1 is 0.649 bits per heavy atom. The SMILES string of the molecule is CN[C@H](CC(C)C)C(=O)NC1C(=O)NC(C(N)=O)CC(=O)N[C@H]2C(=O)NC3C(=O)N[C@H](C(=O)N[C@@H](C(=O)O)c4cc(O)cc(O)c4-c4cc3ccc4O)[C@H](OC3CC(C)(N)C(O)C(C)O3)c3ccc(c(Cl)c3)Oc3cc2cc(c3OC2OC(CO)[C@H](O)C(O)C2OC2CC(C)(NCC(OCc3cccc(-c4ccc(Cl)cc4)c3)C(=O)O)C(O)C(C)O2)Oc2ccc(cc2Cl)[C@H]1O. The van der Waals surface area contributed by atoms with Gasteiger partial charge in [-0.25, -0.2) is 9.59 Å². The minimum atomic E-state index is -2.37. The Hall–Kier alpha value is -11.2. The number of phenolic OH excluding ortho intramolecular Hbond substituents is 3. The third kappa shape index (κ3) is 21.8. The van der Waals surface area contributed by atoms with E-state index in [2.05, 4.69) is 42.5 Å². The largest absolute Gasteiger partial charge is 0.508 e. The second-order valence-corrected chi connectivity index (χ2v) is 35.1. The number of carboxylic acid groups (broad SMARTS) is 2. The summed E-state index contributed by atoms with van der Waals surface area (Å²) >= 11 is 20.8. The van der Waals surface area contributed by atoms with E-state index in [1.807, 2.05) is 38.1 Å². The Labute approximate surface area is 763 Å². The maximum absolute atomic E-state index is 16.5. The molecule has 0 spiro atoms. The smallest absolute Gasteiger partial charge is 0.334 e. The molecule has 39 nitrogen and oxygen atoms in total. The van der Waals surface area contributed by atoms with Crippen molar-refractivity contribution in [1.82, 2.24) is 42.5 Å². The van der Waals surface area contributed by atoms with Gasteiger partial charge in [-0.15, -0.1) is 0 Å². The van der Waals surface area contributed by atoms with Gasteiger partial charge in [-0.1, -0.05) is 97.2 Å². The first-order valence-corrected chi connectivity index (χ1v) is 42.8. The van der Waals surface area contributed by atoms with E-state index < -0.39 is 297 Å². The number of nitrogens with two attached hydrogens (primary N) is 2. The minimum absolute atomic E-state index is 0.121. The summed E-state index contributed by atoms with van der Waals surface area (Å²) in [4.78, 5) is 134. The topological polar surface area (TPSA) is 608 Å². The van der Waals surface area contributed by atoms with Crippen LogP contribution in [0, 0.1) is 5.92 Å². The summed E-state index contributed by atoms with van der Waals surface area (Å²) in [7, 11) is 1.47. The molecule has 8 aliphatic heterocycles. The van der Waals surface area contributed by atoms with Crippen molar-refractivity contribution in [2.45, 2.75) is 213 Å². The zero-order chi connectivity index (χ0) is 94.8. The number of aromatic hydroxyl groups is 3. The fraction of sp³-hybridized carbons (Fsp3) is 0.427. The van der Waals surface area contributed by atoms with Crippen molar-refractivity contribution in [2.24, 2.45) is 17.4 Å². The van der Waals surface area contributed by atoms with E-state index in [1.165, 1.54) is 52.9 Å². The molecule has 16 unspecified atom stereocenters. The number of fused-ring (bicyclic) bond motifs is 16. The number of carboxylic acids is 2. The number of phenols is 3. The van der Waals surface area contributed by atoms with Crippen LogP contribution >= 0.6 is 34.8 Å². The highest BCUT2D eigenvalue weighted by Crippen LogP contribution is 2.51. The number of likely N-dealkylation sites (N-methyl/N-ethyl adjacent to an activating group) is 1. The van der Waals surface area contributed by atoms with Crippen LogP contribution in [0.1, 0.15) is 131 Å². The summed E-state index contributed by atoms with van der Waals surface area (Å²) in [5, 5.41) is 148. The summed E-state index contributed by atoms with van der Waals surface area (Å²) in [6, 6.07) is 13.6. The van der Waals surface area contributed by atoms with Gasteiger partial charge in [-0.2, -0.15) is 0 Å². The van der Waals surface area contributed by atoms with Crippen molar-refractivity contribution in [1.29, 1.82) is 0 Å². The number of halogens is 3. The molecule has 8 heterocycles.